The first kappa shape index (κ1) is 17.5. The number of nitrogens with zero attached hydrogens (tertiary/aromatic N) is 1. The van der Waals surface area contributed by atoms with Crippen LogP contribution in [0.15, 0.2) is 24.3 Å². The molecule has 3 amide bonds. The summed E-state index contributed by atoms with van der Waals surface area (Å²) in [5.41, 5.74) is 0.901. The maximum Gasteiger partial charge on any atom is 0.305 e. The van der Waals surface area contributed by atoms with E-state index in [9.17, 15) is 19.2 Å². The third-order valence-electron chi connectivity index (χ3n) is 3.75. The van der Waals surface area contributed by atoms with Crippen molar-refractivity contribution in [3.63, 3.8) is 0 Å². The second-order valence-corrected chi connectivity index (χ2v) is 5.64. The molecular weight excluding hydrogens is 314 g/mol. The van der Waals surface area contributed by atoms with E-state index in [1.54, 1.807) is 19.2 Å². The summed E-state index contributed by atoms with van der Waals surface area (Å²) in [6.07, 6.45) is 0.0564. The average Bonchev–Trinajstić information content (AvgIpc) is 2.87. The summed E-state index contributed by atoms with van der Waals surface area (Å²) >= 11 is 0. The molecule has 3 N–H and O–H groups in total. The number of amides is 3. The van der Waals surface area contributed by atoms with Gasteiger partial charge >= 0.3 is 5.97 Å². The van der Waals surface area contributed by atoms with Crippen LogP contribution in [0.4, 0.5) is 5.69 Å². The maximum absolute atomic E-state index is 12.1. The van der Waals surface area contributed by atoms with Gasteiger partial charge in [0.15, 0.2) is 0 Å². The van der Waals surface area contributed by atoms with Crippen LogP contribution in [0.5, 0.6) is 0 Å². The summed E-state index contributed by atoms with van der Waals surface area (Å²) in [7, 11) is 1.66. The van der Waals surface area contributed by atoms with Crippen molar-refractivity contribution < 1.29 is 24.3 Å². The predicted octanol–water partition coefficient (Wildman–Crippen LogP) is 0.308. The molecule has 1 heterocycles. The highest BCUT2D eigenvalue weighted by atomic mass is 16.4. The first-order chi connectivity index (χ1) is 11.4. The Morgan fingerprint density at radius 2 is 1.92 bits per heavy atom. The SMILES string of the molecule is CN1CC(C(=O)Nc2ccc(C(=O)NCCC(=O)O)cc2)CC1=O. The minimum absolute atomic E-state index is 0.0515. The summed E-state index contributed by atoms with van der Waals surface area (Å²) in [6, 6.07) is 6.25. The maximum atomic E-state index is 12.1. The number of rotatable bonds is 6. The number of hydrogen-bond donors (Lipinski definition) is 3. The Bertz CT molecular complexity index is 656. The number of likely N-dealkylation sites (tertiary alicyclic amines) is 1. The van der Waals surface area contributed by atoms with Crippen LogP contribution in [0.25, 0.3) is 0 Å². The Labute approximate surface area is 138 Å². The van der Waals surface area contributed by atoms with Gasteiger partial charge < -0.3 is 20.6 Å². The topological polar surface area (TPSA) is 116 Å². The van der Waals surface area contributed by atoms with Crippen LogP contribution in [0.2, 0.25) is 0 Å². The molecule has 1 saturated heterocycles. The summed E-state index contributed by atoms with van der Waals surface area (Å²) in [5, 5.41) is 13.7. The van der Waals surface area contributed by atoms with Crippen LogP contribution < -0.4 is 10.6 Å². The van der Waals surface area contributed by atoms with Crippen LogP contribution in [0.1, 0.15) is 23.2 Å². The Kier molecular flexibility index (Phi) is 5.51. The smallest absolute Gasteiger partial charge is 0.305 e. The lowest BCUT2D eigenvalue weighted by atomic mass is 10.1. The molecule has 8 nitrogen and oxygen atoms in total. The zero-order valence-corrected chi connectivity index (χ0v) is 13.2. The summed E-state index contributed by atoms with van der Waals surface area (Å²) in [5.74, 6) is -2.02. The molecule has 1 aromatic rings. The van der Waals surface area contributed by atoms with Crippen LogP contribution in [0, 0.1) is 5.92 Å². The van der Waals surface area contributed by atoms with Gasteiger partial charge in [-0.2, -0.15) is 0 Å². The van der Waals surface area contributed by atoms with E-state index in [0.717, 1.165) is 0 Å². The highest BCUT2D eigenvalue weighted by molar-refractivity contribution is 5.98. The van der Waals surface area contributed by atoms with Crippen LogP contribution in [-0.4, -0.2) is 53.8 Å². The van der Waals surface area contributed by atoms with E-state index in [4.69, 9.17) is 5.11 Å². The minimum atomic E-state index is -0.982. The lowest BCUT2D eigenvalue weighted by Gasteiger charge is -2.11. The van der Waals surface area contributed by atoms with Crippen molar-refractivity contribution in [1.29, 1.82) is 0 Å². The van der Waals surface area contributed by atoms with E-state index in [0.29, 0.717) is 17.8 Å². The molecule has 8 heteroatoms. The van der Waals surface area contributed by atoms with E-state index in [-0.39, 0.29) is 43.0 Å². The van der Waals surface area contributed by atoms with Crippen molar-refractivity contribution in [2.45, 2.75) is 12.8 Å². The third kappa shape index (κ3) is 4.55. The highest BCUT2D eigenvalue weighted by Crippen LogP contribution is 2.18. The van der Waals surface area contributed by atoms with Crippen molar-refractivity contribution in [2.24, 2.45) is 5.92 Å². The van der Waals surface area contributed by atoms with Crippen molar-refractivity contribution in [1.82, 2.24) is 10.2 Å². The summed E-state index contributed by atoms with van der Waals surface area (Å²) in [6.45, 7) is 0.449. The highest BCUT2D eigenvalue weighted by Gasteiger charge is 2.32. The van der Waals surface area contributed by atoms with Crippen molar-refractivity contribution in [3.8, 4) is 0 Å². The minimum Gasteiger partial charge on any atom is -0.481 e. The van der Waals surface area contributed by atoms with E-state index >= 15 is 0 Å². The van der Waals surface area contributed by atoms with Crippen molar-refractivity contribution >= 4 is 29.4 Å². The van der Waals surface area contributed by atoms with Gasteiger partial charge in [0.25, 0.3) is 5.91 Å². The number of carbonyl (C=O) groups is 4. The number of carbonyl (C=O) groups excluding carboxylic acids is 3. The molecule has 0 saturated carbocycles. The van der Waals surface area contributed by atoms with Crippen LogP contribution in [0.3, 0.4) is 0 Å². The zero-order chi connectivity index (χ0) is 17.7. The standard InChI is InChI=1S/C16H19N3O5/c1-19-9-11(8-13(19)20)16(24)18-12-4-2-10(3-5-12)15(23)17-7-6-14(21)22/h2-5,11H,6-9H2,1H3,(H,17,23)(H,18,24)(H,21,22). The number of aliphatic carboxylic acids is 1. The Morgan fingerprint density at radius 1 is 1.25 bits per heavy atom. The fourth-order valence-electron chi connectivity index (χ4n) is 2.37. The first-order valence-electron chi connectivity index (χ1n) is 7.51. The molecule has 1 fully saturated rings. The van der Waals surface area contributed by atoms with Gasteiger partial charge in [0.1, 0.15) is 0 Å². The Balaban J connectivity index is 1.87. The number of anilines is 1. The molecule has 1 aliphatic heterocycles. The molecule has 1 unspecified atom stereocenters. The molecule has 0 spiro atoms. The third-order valence-corrected chi connectivity index (χ3v) is 3.75. The molecular formula is C16H19N3O5. The van der Waals surface area contributed by atoms with Gasteiger partial charge in [0, 0.05) is 37.8 Å². The number of benzene rings is 1. The fourth-order valence-corrected chi connectivity index (χ4v) is 2.37. The fraction of sp³-hybridized carbons (Fsp3) is 0.375. The molecule has 1 aromatic carbocycles. The van der Waals surface area contributed by atoms with Gasteiger partial charge in [-0.05, 0) is 24.3 Å². The molecule has 128 valence electrons. The lowest BCUT2D eigenvalue weighted by Crippen LogP contribution is -2.26. The molecule has 2 rings (SSSR count). The molecule has 0 radical (unpaired) electrons. The Morgan fingerprint density at radius 3 is 2.46 bits per heavy atom. The van der Waals surface area contributed by atoms with E-state index < -0.39 is 5.97 Å². The molecule has 0 aromatic heterocycles. The van der Waals surface area contributed by atoms with Gasteiger partial charge in [-0.1, -0.05) is 0 Å². The second kappa shape index (κ2) is 7.58. The molecule has 1 atom stereocenters. The van der Waals surface area contributed by atoms with Gasteiger partial charge in [-0.15, -0.1) is 0 Å². The molecule has 24 heavy (non-hydrogen) atoms. The number of nitrogens with one attached hydrogen (secondary N) is 2. The Hall–Kier alpha value is -2.90. The zero-order valence-electron chi connectivity index (χ0n) is 13.2. The summed E-state index contributed by atoms with van der Waals surface area (Å²) in [4.78, 5) is 47.3. The van der Waals surface area contributed by atoms with Gasteiger partial charge in [-0.3, -0.25) is 19.2 Å². The van der Waals surface area contributed by atoms with Crippen LogP contribution in [-0.2, 0) is 14.4 Å². The van der Waals surface area contributed by atoms with Gasteiger partial charge in [0.2, 0.25) is 11.8 Å². The molecule has 0 bridgehead atoms. The van der Waals surface area contributed by atoms with Crippen molar-refractivity contribution in [2.75, 3.05) is 25.5 Å². The molecule has 1 aliphatic rings. The number of carboxylic acid groups (broad SMARTS) is 1. The van der Waals surface area contributed by atoms with Gasteiger partial charge in [0.05, 0.1) is 12.3 Å². The number of carboxylic acids is 1. The van der Waals surface area contributed by atoms with E-state index in [1.807, 2.05) is 0 Å². The van der Waals surface area contributed by atoms with E-state index in [2.05, 4.69) is 10.6 Å². The summed E-state index contributed by atoms with van der Waals surface area (Å²) < 4.78 is 0. The van der Waals surface area contributed by atoms with Crippen molar-refractivity contribution in [3.05, 3.63) is 29.8 Å². The van der Waals surface area contributed by atoms with Crippen LogP contribution >= 0.6 is 0 Å². The second-order valence-electron chi connectivity index (χ2n) is 5.64. The normalized spacial score (nSPS) is 16.8. The predicted molar refractivity (Wildman–Crippen MR) is 85.4 cm³/mol. The van der Waals surface area contributed by atoms with Gasteiger partial charge in [-0.25, -0.2) is 0 Å². The largest absolute Gasteiger partial charge is 0.481 e. The van der Waals surface area contributed by atoms with E-state index in [1.165, 1.54) is 17.0 Å². The monoisotopic (exact) mass is 333 g/mol. The lowest BCUT2D eigenvalue weighted by molar-refractivity contribution is -0.136. The first-order valence-corrected chi connectivity index (χ1v) is 7.51. The average molecular weight is 333 g/mol. The molecule has 0 aliphatic carbocycles. The number of hydrogen-bond acceptors (Lipinski definition) is 4. The quantitative estimate of drug-likeness (QED) is 0.693.